The highest BCUT2D eigenvalue weighted by Gasteiger charge is 2.42. The monoisotopic (exact) mass is 418 g/mol. The van der Waals surface area contributed by atoms with Crippen LogP contribution in [0.1, 0.15) is 96.3 Å². The summed E-state index contributed by atoms with van der Waals surface area (Å²) >= 11 is 0. The van der Waals surface area contributed by atoms with Gasteiger partial charge in [0.05, 0.1) is 12.2 Å². The molecule has 0 N–H and O–H groups in total. The number of nitrogens with zero attached hydrogens (tertiary/aromatic N) is 2. The molecule has 1 saturated heterocycles. The summed E-state index contributed by atoms with van der Waals surface area (Å²) in [4.78, 5) is 4.92. The summed E-state index contributed by atoms with van der Waals surface area (Å²) in [6, 6.07) is 1.63. The van der Waals surface area contributed by atoms with Gasteiger partial charge >= 0.3 is 0 Å². The van der Waals surface area contributed by atoms with Crippen molar-refractivity contribution in [3.63, 3.8) is 0 Å². The maximum atomic E-state index is 7.02. The smallest absolute Gasteiger partial charge is 0.0610 e. The predicted octanol–water partition coefficient (Wildman–Crippen LogP) is 5.97. The van der Waals surface area contributed by atoms with Crippen LogP contribution in [-0.2, 0) is 4.74 Å². The van der Waals surface area contributed by atoms with Crippen LogP contribution in [-0.4, -0.2) is 62.3 Å². The normalized spacial score (nSPS) is 42.0. The van der Waals surface area contributed by atoms with Crippen LogP contribution in [0.3, 0.4) is 0 Å². The van der Waals surface area contributed by atoms with Crippen LogP contribution >= 0.6 is 0 Å². The molecule has 3 atom stereocenters. The van der Waals surface area contributed by atoms with E-state index in [-0.39, 0.29) is 0 Å². The summed E-state index contributed by atoms with van der Waals surface area (Å²) in [6.45, 7) is 0. The third kappa shape index (κ3) is 5.62. The van der Waals surface area contributed by atoms with Crippen LogP contribution < -0.4 is 0 Å². The summed E-state index contributed by atoms with van der Waals surface area (Å²) in [5.41, 5.74) is 0. The highest BCUT2D eigenvalue weighted by atomic mass is 16.5. The van der Waals surface area contributed by atoms with Gasteiger partial charge in [-0.25, -0.2) is 0 Å². The molecule has 0 amide bonds. The van der Waals surface area contributed by atoms with Crippen molar-refractivity contribution in [2.45, 2.75) is 121 Å². The highest BCUT2D eigenvalue weighted by molar-refractivity contribution is 4.92. The molecule has 0 aromatic rings. The van der Waals surface area contributed by atoms with Gasteiger partial charge in [0.15, 0.2) is 0 Å². The summed E-state index contributed by atoms with van der Waals surface area (Å²) < 4.78 is 7.02. The molecule has 4 aliphatic rings. The van der Waals surface area contributed by atoms with Crippen LogP contribution in [0, 0.1) is 23.7 Å². The third-order valence-electron chi connectivity index (χ3n) is 9.73. The number of rotatable bonds is 5. The standard InChI is InChI=1S/C27H50N2O/c1-28(2)24-14-10-20(11-15-24)23-18-26(21-8-6-5-7-9-21)30-27(19-23)22-12-16-25(17-13-22)29(3)4/h20-27H,5-19H2,1-4H3. The van der Waals surface area contributed by atoms with Gasteiger partial charge in [0.2, 0.25) is 0 Å². The van der Waals surface area contributed by atoms with Gasteiger partial charge in [-0.05, 0) is 129 Å². The van der Waals surface area contributed by atoms with Crippen LogP contribution in [0.5, 0.6) is 0 Å². The average Bonchev–Trinajstić information content (AvgIpc) is 2.79. The molecular weight excluding hydrogens is 368 g/mol. The summed E-state index contributed by atoms with van der Waals surface area (Å²) in [7, 11) is 9.08. The molecule has 3 heteroatoms. The molecular formula is C27H50N2O. The Morgan fingerprint density at radius 1 is 0.467 bits per heavy atom. The maximum Gasteiger partial charge on any atom is 0.0610 e. The minimum absolute atomic E-state index is 0.561. The van der Waals surface area contributed by atoms with Crippen molar-refractivity contribution < 1.29 is 4.74 Å². The zero-order valence-electron chi connectivity index (χ0n) is 20.5. The fourth-order valence-electron chi connectivity index (χ4n) is 7.61. The quantitative estimate of drug-likeness (QED) is 0.547. The zero-order chi connectivity index (χ0) is 21.1. The van der Waals surface area contributed by atoms with E-state index in [1.807, 2.05) is 0 Å². The second-order valence-electron chi connectivity index (χ2n) is 11.9. The molecule has 1 aliphatic heterocycles. The number of ether oxygens (including phenoxy) is 1. The Bertz CT molecular complexity index is 463. The molecule has 3 nitrogen and oxygen atoms in total. The van der Waals surface area contributed by atoms with Crippen LogP contribution in [0.25, 0.3) is 0 Å². The van der Waals surface area contributed by atoms with Crippen molar-refractivity contribution in [2.24, 2.45) is 23.7 Å². The predicted molar refractivity (Wildman–Crippen MR) is 127 cm³/mol. The summed E-state index contributed by atoms with van der Waals surface area (Å²) in [5, 5.41) is 0. The summed E-state index contributed by atoms with van der Waals surface area (Å²) in [6.07, 6.45) is 22.4. The van der Waals surface area contributed by atoms with E-state index in [1.165, 1.54) is 96.3 Å². The van der Waals surface area contributed by atoms with Crippen LogP contribution in [0.4, 0.5) is 0 Å². The van der Waals surface area contributed by atoms with E-state index >= 15 is 0 Å². The first-order chi connectivity index (χ1) is 14.5. The molecule has 0 aromatic heterocycles. The van der Waals surface area contributed by atoms with E-state index in [2.05, 4.69) is 38.0 Å². The van der Waals surface area contributed by atoms with Gasteiger partial charge in [-0.15, -0.1) is 0 Å². The Morgan fingerprint density at radius 3 is 1.37 bits per heavy atom. The lowest BCUT2D eigenvalue weighted by atomic mass is 9.68. The van der Waals surface area contributed by atoms with E-state index in [4.69, 9.17) is 4.74 Å². The molecule has 0 radical (unpaired) electrons. The minimum Gasteiger partial charge on any atom is -0.374 e. The Kier molecular flexibility index (Phi) is 8.19. The van der Waals surface area contributed by atoms with E-state index in [1.54, 1.807) is 0 Å². The van der Waals surface area contributed by atoms with Crippen molar-refractivity contribution in [2.75, 3.05) is 28.2 Å². The molecule has 1 heterocycles. The van der Waals surface area contributed by atoms with Crippen LogP contribution in [0.2, 0.25) is 0 Å². The second kappa shape index (κ2) is 10.7. The van der Waals surface area contributed by atoms with Gasteiger partial charge in [0.1, 0.15) is 0 Å². The van der Waals surface area contributed by atoms with E-state index in [0.29, 0.717) is 12.2 Å². The second-order valence-corrected chi connectivity index (χ2v) is 11.9. The Labute approximate surface area is 187 Å². The Morgan fingerprint density at radius 2 is 0.900 bits per heavy atom. The Hall–Kier alpha value is -0.120. The maximum absolute atomic E-state index is 7.02. The molecule has 30 heavy (non-hydrogen) atoms. The number of hydrogen-bond acceptors (Lipinski definition) is 3. The van der Waals surface area contributed by atoms with Gasteiger partial charge < -0.3 is 14.5 Å². The first kappa shape index (κ1) is 23.1. The third-order valence-corrected chi connectivity index (χ3v) is 9.73. The minimum atomic E-state index is 0.561. The fourth-order valence-corrected chi connectivity index (χ4v) is 7.61. The first-order valence-electron chi connectivity index (χ1n) is 13.5. The fraction of sp³-hybridized carbons (Fsp3) is 1.00. The topological polar surface area (TPSA) is 15.7 Å². The largest absolute Gasteiger partial charge is 0.374 e. The SMILES string of the molecule is CN(C)C1CCC(C2CC(C3CCCCC3)OC(C3CCC(N(C)C)CC3)C2)CC1. The molecule has 0 aromatic carbocycles. The lowest BCUT2D eigenvalue weighted by Crippen LogP contribution is -2.45. The Balaban J connectivity index is 1.40. The molecule has 4 rings (SSSR count). The van der Waals surface area contributed by atoms with Gasteiger partial charge in [-0.1, -0.05) is 19.3 Å². The zero-order valence-corrected chi connectivity index (χ0v) is 20.5. The molecule has 3 saturated carbocycles. The van der Waals surface area contributed by atoms with Gasteiger partial charge in [0.25, 0.3) is 0 Å². The molecule has 174 valence electrons. The lowest BCUT2D eigenvalue weighted by Gasteiger charge is -2.47. The molecule has 4 fully saturated rings. The average molecular weight is 419 g/mol. The van der Waals surface area contributed by atoms with Gasteiger partial charge in [-0.3, -0.25) is 0 Å². The van der Waals surface area contributed by atoms with Crippen LogP contribution in [0.15, 0.2) is 0 Å². The van der Waals surface area contributed by atoms with Crippen molar-refractivity contribution in [1.29, 1.82) is 0 Å². The van der Waals surface area contributed by atoms with Crippen molar-refractivity contribution >= 4 is 0 Å². The van der Waals surface area contributed by atoms with E-state index < -0.39 is 0 Å². The molecule has 3 aliphatic carbocycles. The van der Waals surface area contributed by atoms with E-state index in [0.717, 1.165) is 35.8 Å². The van der Waals surface area contributed by atoms with Gasteiger partial charge in [-0.2, -0.15) is 0 Å². The summed E-state index contributed by atoms with van der Waals surface area (Å²) in [5.74, 6) is 3.59. The highest BCUT2D eigenvalue weighted by Crippen LogP contribution is 2.46. The molecule has 0 spiro atoms. The molecule has 0 bridgehead atoms. The number of hydrogen-bond donors (Lipinski definition) is 0. The van der Waals surface area contributed by atoms with Crippen molar-refractivity contribution in [3.05, 3.63) is 0 Å². The lowest BCUT2D eigenvalue weighted by molar-refractivity contribution is -0.139. The van der Waals surface area contributed by atoms with Gasteiger partial charge in [0, 0.05) is 12.1 Å². The van der Waals surface area contributed by atoms with Crippen molar-refractivity contribution in [1.82, 2.24) is 9.80 Å². The van der Waals surface area contributed by atoms with E-state index in [9.17, 15) is 0 Å². The van der Waals surface area contributed by atoms with Crippen molar-refractivity contribution in [3.8, 4) is 0 Å². The first-order valence-corrected chi connectivity index (χ1v) is 13.5. The molecule has 3 unspecified atom stereocenters.